The van der Waals surface area contributed by atoms with Gasteiger partial charge in [0.15, 0.2) is 15.0 Å². The first kappa shape index (κ1) is 32.4. The van der Waals surface area contributed by atoms with Gasteiger partial charge in [-0.2, -0.15) is 4.31 Å². The first-order chi connectivity index (χ1) is 18.4. The molecular formula is C27H37ClN4O5S3. The molecule has 1 fully saturated rings. The largest absolute Gasteiger partial charge is 0.302 e. The fraction of sp³-hybridized carbons (Fsp3) is 0.481. The molecule has 0 unspecified atom stereocenters. The van der Waals surface area contributed by atoms with Crippen LogP contribution in [0.5, 0.6) is 0 Å². The maximum absolute atomic E-state index is 13.8. The molecule has 0 radical (unpaired) electrons. The Labute approximate surface area is 247 Å². The van der Waals surface area contributed by atoms with Crippen LogP contribution >= 0.6 is 23.7 Å². The van der Waals surface area contributed by atoms with Crippen LogP contribution in [0.25, 0.3) is 10.2 Å². The van der Waals surface area contributed by atoms with Gasteiger partial charge in [-0.05, 0) is 74.3 Å². The Bertz CT molecular complexity index is 1530. The van der Waals surface area contributed by atoms with Gasteiger partial charge in [0.1, 0.15) is 0 Å². The maximum Gasteiger partial charge on any atom is 0.260 e. The summed E-state index contributed by atoms with van der Waals surface area (Å²) in [6.07, 6.45) is 2.84. The van der Waals surface area contributed by atoms with Crippen molar-refractivity contribution in [2.75, 3.05) is 50.4 Å². The first-order valence-electron chi connectivity index (χ1n) is 13.2. The Morgan fingerprint density at radius 1 is 0.975 bits per heavy atom. The highest BCUT2D eigenvalue weighted by Gasteiger charge is 2.29. The number of hydrogen-bond donors (Lipinski definition) is 0. The molecule has 220 valence electrons. The fourth-order valence-electron chi connectivity index (χ4n) is 4.60. The van der Waals surface area contributed by atoms with Crippen molar-refractivity contribution in [3.63, 3.8) is 0 Å². The van der Waals surface area contributed by atoms with E-state index in [1.54, 1.807) is 29.2 Å². The molecular weight excluding hydrogens is 592 g/mol. The SMILES string of the molecule is CCN(CC)CCN(C(=O)c1ccc(S(=O)(=O)N2CCC(C)CC2)cc1)c1nc2ccc(S(C)(=O)=O)cc2s1.Cl. The molecule has 1 aliphatic rings. The monoisotopic (exact) mass is 628 g/mol. The van der Waals surface area contributed by atoms with Crippen LogP contribution in [0.1, 0.15) is 44.0 Å². The molecule has 1 aromatic heterocycles. The number of carbonyl (C=O) groups is 1. The van der Waals surface area contributed by atoms with Crippen molar-refractivity contribution in [2.45, 2.75) is 43.4 Å². The third-order valence-corrected chi connectivity index (χ3v) is 11.3. The second kappa shape index (κ2) is 13.3. The highest BCUT2D eigenvalue weighted by atomic mass is 35.5. The Morgan fingerprint density at radius 2 is 1.57 bits per heavy atom. The van der Waals surface area contributed by atoms with Crippen LogP contribution in [-0.4, -0.2) is 82.5 Å². The zero-order chi connectivity index (χ0) is 28.4. The van der Waals surface area contributed by atoms with E-state index in [-0.39, 0.29) is 28.1 Å². The van der Waals surface area contributed by atoms with Crippen LogP contribution in [0.2, 0.25) is 0 Å². The number of rotatable bonds is 10. The minimum atomic E-state index is -3.62. The van der Waals surface area contributed by atoms with E-state index in [1.165, 1.54) is 33.8 Å². The molecule has 0 aliphatic carbocycles. The van der Waals surface area contributed by atoms with Gasteiger partial charge in [-0.15, -0.1) is 12.4 Å². The number of amides is 1. The fourth-order valence-corrected chi connectivity index (χ4v) is 7.82. The summed E-state index contributed by atoms with van der Waals surface area (Å²) in [6.45, 7) is 9.92. The predicted octanol–water partition coefficient (Wildman–Crippen LogP) is 4.53. The summed E-state index contributed by atoms with van der Waals surface area (Å²) >= 11 is 1.26. The van der Waals surface area contributed by atoms with Crippen LogP contribution in [0.3, 0.4) is 0 Å². The summed E-state index contributed by atoms with van der Waals surface area (Å²) in [6, 6.07) is 10.9. The Kier molecular flexibility index (Phi) is 10.7. The quantitative estimate of drug-likeness (QED) is 0.325. The van der Waals surface area contributed by atoms with E-state index in [0.717, 1.165) is 32.2 Å². The highest BCUT2D eigenvalue weighted by molar-refractivity contribution is 7.90. The number of benzene rings is 2. The molecule has 1 saturated heterocycles. The number of aromatic nitrogens is 1. The number of sulfone groups is 1. The van der Waals surface area contributed by atoms with Crippen molar-refractivity contribution in [2.24, 2.45) is 5.92 Å². The number of likely N-dealkylation sites (N-methyl/N-ethyl adjacent to an activating group) is 1. The van der Waals surface area contributed by atoms with Crippen LogP contribution < -0.4 is 4.90 Å². The summed E-state index contributed by atoms with van der Waals surface area (Å²) in [5.74, 6) is 0.222. The average Bonchev–Trinajstić information content (AvgIpc) is 3.34. The topological polar surface area (TPSA) is 108 Å². The summed E-state index contributed by atoms with van der Waals surface area (Å²) in [5.41, 5.74) is 0.970. The molecule has 1 amide bonds. The second-order valence-electron chi connectivity index (χ2n) is 9.99. The summed E-state index contributed by atoms with van der Waals surface area (Å²) in [4.78, 5) is 22.6. The molecule has 0 saturated carbocycles. The molecule has 13 heteroatoms. The summed E-state index contributed by atoms with van der Waals surface area (Å²) < 4.78 is 52.6. The summed E-state index contributed by atoms with van der Waals surface area (Å²) in [5, 5.41) is 0.465. The number of sulfonamides is 1. The molecule has 0 bridgehead atoms. The zero-order valence-corrected chi connectivity index (χ0v) is 26.5. The van der Waals surface area contributed by atoms with Gasteiger partial charge in [-0.3, -0.25) is 9.69 Å². The van der Waals surface area contributed by atoms with E-state index in [2.05, 4.69) is 30.7 Å². The third kappa shape index (κ3) is 7.21. The van der Waals surface area contributed by atoms with Crippen molar-refractivity contribution >= 4 is 64.9 Å². The number of hydrogen-bond acceptors (Lipinski definition) is 8. The van der Waals surface area contributed by atoms with Crippen LogP contribution in [0.4, 0.5) is 5.13 Å². The molecule has 2 aromatic carbocycles. The van der Waals surface area contributed by atoms with Crippen molar-refractivity contribution in [3.05, 3.63) is 48.0 Å². The van der Waals surface area contributed by atoms with Gasteiger partial charge in [0.05, 0.1) is 20.0 Å². The lowest BCUT2D eigenvalue weighted by molar-refractivity contribution is 0.0983. The number of anilines is 1. The molecule has 0 N–H and O–H groups in total. The molecule has 4 rings (SSSR count). The van der Waals surface area contributed by atoms with Crippen LogP contribution in [0.15, 0.2) is 52.3 Å². The average molecular weight is 629 g/mol. The first-order valence-corrected chi connectivity index (χ1v) is 17.3. The van der Waals surface area contributed by atoms with Crippen molar-refractivity contribution in [1.82, 2.24) is 14.2 Å². The normalized spacial score (nSPS) is 15.3. The van der Waals surface area contributed by atoms with E-state index in [1.807, 2.05) is 0 Å². The smallest absolute Gasteiger partial charge is 0.260 e. The lowest BCUT2D eigenvalue weighted by Crippen LogP contribution is -2.39. The maximum atomic E-state index is 13.8. The van der Waals surface area contributed by atoms with Crippen LogP contribution in [-0.2, 0) is 19.9 Å². The number of thiazole rings is 1. The van der Waals surface area contributed by atoms with Crippen molar-refractivity contribution in [1.29, 1.82) is 0 Å². The Hall–Kier alpha value is -2.09. The van der Waals surface area contributed by atoms with E-state index in [0.29, 0.717) is 53.0 Å². The molecule has 0 atom stereocenters. The van der Waals surface area contributed by atoms with Crippen molar-refractivity contribution in [3.8, 4) is 0 Å². The van der Waals surface area contributed by atoms with E-state index < -0.39 is 19.9 Å². The van der Waals surface area contributed by atoms with Gasteiger partial charge in [-0.1, -0.05) is 32.1 Å². The molecule has 9 nitrogen and oxygen atoms in total. The summed E-state index contributed by atoms with van der Waals surface area (Å²) in [7, 11) is -7.00. The standard InChI is InChI=1S/C27H36N4O5S3.ClH/c1-5-29(6-2)17-18-31(27-28-24-12-11-23(38(4,33)34)19-25(24)37-27)26(32)21-7-9-22(10-8-21)39(35,36)30-15-13-20(3)14-16-30;/h7-12,19-20H,5-6,13-18H2,1-4H3;1H. The van der Waals surface area contributed by atoms with E-state index in [4.69, 9.17) is 0 Å². The van der Waals surface area contributed by atoms with Gasteiger partial charge in [0.2, 0.25) is 10.0 Å². The minimum absolute atomic E-state index is 0. The van der Waals surface area contributed by atoms with E-state index in [9.17, 15) is 21.6 Å². The predicted molar refractivity (Wildman–Crippen MR) is 163 cm³/mol. The molecule has 2 heterocycles. The van der Waals surface area contributed by atoms with Gasteiger partial charge in [0, 0.05) is 38.0 Å². The second-order valence-corrected chi connectivity index (χ2v) is 15.0. The zero-order valence-electron chi connectivity index (χ0n) is 23.2. The highest BCUT2D eigenvalue weighted by Crippen LogP contribution is 2.32. The number of nitrogens with zero attached hydrogens (tertiary/aromatic N) is 4. The molecule has 40 heavy (non-hydrogen) atoms. The van der Waals surface area contributed by atoms with Crippen LogP contribution in [0, 0.1) is 5.92 Å². The minimum Gasteiger partial charge on any atom is -0.302 e. The number of carbonyl (C=O) groups excluding carboxylic acids is 1. The third-order valence-electron chi connectivity index (χ3n) is 7.27. The molecule has 3 aromatic rings. The Morgan fingerprint density at radius 3 is 2.15 bits per heavy atom. The van der Waals surface area contributed by atoms with E-state index >= 15 is 0 Å². The number of halogens is 1. The van der Waals surface area contributed by atoms with Gasteiger partial charge >= 0.3 is 0 Å². The van der Waals surface area contributed by atoms with Gasteiger partial charge < -0.3 is 4.90 Å². The number of piperidine rings is 1. The lowest BCUT2D eigenvalue weighted by Gasteiger charge is -2.29. The molecule has 1 aliphatic heterocycles. The van der Waals surface area contributed by atoms with Gasteiger partial charge in [-0.25, -0.2) is 21.8 Å². The number of fused-ring (bicyclic) bond motifs is 1. The lowest BCUT2D eigenvalue weighted by atomic mass is 10.0. The Balaban J connectivity index is 0.00000441. The molecule has 0 spiro atoms. The van der Waals surface area contributed by atoms with Crippen molar-refractivity contribution < 1.29 is 21.6 Å². The van der Waals surface area contributed by atoms with Gasteiger partial charge in [0.25, 0.3) is 5.91 Å².